The second-order valence-corrected chi connectivity index (χ2v) is 4.51. The summed E-state index contributed by atoms with van der Waals surface area (Å²) in [7, 11) is 0. The van der Waals surface area contributed by atoms with E-state index in [0.29, 0.717) is 22.9 Å². The molecule has 5 nitrogen and oxygen atoms in total. The largest absolute Gasteiger partial charge is 0.371 e. The molecule has 0 saturated carbocycles. The first-order valence-electron chi connectivity index (χ1n) is 6.01. The van der Waals surface area contributed by atoms with Crippen molar-refractivity contribution >= 4 is 24.3 Å². The Hall–Kier alpha value is -2.08. The van der Waals surface area contributed by atoms with E-state index in [0.717, 1.165) is 5.56 Å². The van der Waals surface area contributed by atoms with Crippen LogP contribution in [-0.4, -0.2) is 22.6 Å². The molecule has 1 heterocycles. The summed E-state index contributed by atoms with van der Waals surface area (Å²) in [4.78, 5) is 17.0. The molecule has 2 aromatic rings. The van der Waals surface area contributed by atoms with E-state index in [1.165, 1.54) is 0 Å². The van der Waals surface area contributed by atoms with Crippen molar-refractivity contribution < 1.29 is 14.2 Å². The smallest absolute Gasteiger partial charge is 0.360 e. The van der Waals surface area contributed by atoms with Gasteiger partial charge in [0.05, 0.1) is 5.71 Å². The van der Waals surface area contributed by atoms with Gasteiger partial charge in [-0.25, -0.2) is 4.79 Å². The van der Waals surface area contributed by atoms with E-state index in [1.807, 2.05) is 30.3 Å². The maximum Gasteiger partial charge on any atom is 0.371 e. The predicted octanol–water partition coefficient (Wildman–Crippen LogP) is 3.11. The zero-order valence-electron chi connectivity index (χ0n) is 11.2. The number of benzene rings is 1. The molecule has 1 aromatic heterocycles. The van der Waals surface area contributed by atoms with Gasteiger partial charge in [0, 0.05) is 11.3 Å². The van der Waals surface area contributed by atoms with Gasteiger partial charge in [-0.2, -0.15) is 12.6 Å². The minimum atomic E-state index is -0.594. The molecule has 0 bridgehead atoms. The SMILES string of the molecule is CC(CS)=NOC(=O)c1c(-c2ccccc2)noc1C. The number of oxime groups is 1. The van der Waals surface area contributed by atoms with Crippen LogP contribution in [0.1, 0.15) is 23.0 Å². The Morgan fingerprint density at radius 3 is 2.75 bits per heavy atom. The van der Waals surface area contributed by atoms with Gasteiger partial charge in [0.25, 0.3) is 0 Å². The maximum atomic E-state index is 12.1. The Morgan fingerprint density at radius 2 is 2.10 bits per heavy atom. The van der Waals surface area contributed by atoms with Crippen molar-refractivity contribution in [3.05, 3.63) is 41.7 Å². The highest BCUT2D eigenvalue weighted by Gasteiger charge is 2.23. The molecule has 0 unspecified atom stereocenters. The normalized spacial score (nSPS) is 11.4. The molecule has 104 valence electrons. The third-order valence-electron chi connectivity index (χ3n) is 2.63. The first-order chi connectivity index (χ1) is 9.63. The van der Waals surface area contributed by atoms with Crippen LogP contribution in [0.15, 0.2) is 40.0 Å². The standard InChI is InChI=1S/C14H14N2O3S/c1-9(8-20)15-19-14(17)12-10(2)18-16-13(12)11-6-4-3-5-7-11/h3-7,20H,8H2,1-2H3. The van der Waals surface area contributed by atoms with Crippen molar-refractivity contribution in [2.45, 2.75) is 13.8 Å². The molecule has 6 heteroatoms. The number of aromatic nitrogens is 1. The molecule has 0 aliphatic carbocycles. The van der Waals surface area contributed by atoms with Crippen LogP contribution in [0.5, 0.6) is 0 Å². The summed E-state index contributed by atoms with van der Waals surface area (Å²) >= 11 is 4.04. The molecule has 0 radical (unpaired) electrons. The van der Waals surface area contributed by atoms with E-state index in [4.69, 9.17) is 9.36 Å². The predicted molar refractivity (Wildman–Crippen MR) is 79.1 cm³/mol. The molecule has 2 rings (SSSR count). The van der Waals surface area contributed by atoms with Gasteiger partial charge in [0.1, 0.15) is 17.0 Å². The van der Waals surface area contributed by atoms with Gasteiger partial charge in [-0.3, -0.25) is 0 Å². The third-order valence-corrected chi connectivity index (χ3v) is 3.08. The summed E-state index contributed by atoms with van der Waals surface area (Å²) in [5.41, 5.74) is 2.13. The number of hydrogen-bond donors (Lipinski definition) is 1. The number of thiol groups is 1. The van der Waals surface area contributed by atoms with E-state index >= 15 is 0 Å². The molecule has 0 saturated heterocycles. The fourth-order valence-corrected chi connectivity index (χ4v) is 1.66. The fourth-order valence-electron chi connectivity index (χ4n) is 1.60. The van der Waals surface area contributed by atoms with Gasteiger partial charge in [-0.05, 0) is 13.8 Å². The van der Waals surface area contributed by atoms with Crippen LogP contribution in [0, 0.1) is 6.92 Å². The topological polar surface area (TPSA) is 64.7 Å². The number of carbonyl (C=O) groups is 1. The number of hydrogen-bond acceptors (Lipinski definition) is 6. The quantitative estimate of drug-likeness (QED) is 0.407. The van der Waals surface area contributed by atoms with E-state index in [1.54, 1.807) is 13.8 Å². The maximum absolute atomic E-state index is 12.1. The Labute approximate surface area is 122 Å². The monoisotopic (exact) mass is 290 g/mol. The lowest BCUT2D eigenvalue weighted by atomic mass is 10.1. The summed E-state index contributed by atoms with van der Waals surface area (Å²) in [6.07, 6.45) is 0. The molecule has 0 aliphatic heterocycles. The van der Waals surface area contributed by atoms with Crippen molar-refractivity contribution in [3.63, 3.8) is 0 Å². The summed E-state index contributed by atoms with van der Waals surface area (Å²) in [5, 5.41) is 7.61. The van der Waals surface area contributed by atoms with Gasteiger partial charge in [0.15, 0.2) is 0 Å². The molecule has 0 atom stereocenters. The lowest BCUT2D eigenvalue weighted by Gasteiger charge is -2.00. The number of aryl methyl sites for hydroxylation is 1. The molecular weight excluding hydrogens is 276 g/mol. The molecular formula is C14H14N2O3S. The molecule has 0 spiro atoms. The van der Waals surface area contributed by atoms with Gasteiger partial charge in [0.2, 0.25) is 0 Å². The first kappa shape index (κ1) is 14.3. The summed E-state index contributed by atoms with van der Waals surface area (Å²) < 4.78 is 5.09. The number of nitrogens with zero attached hydrogens (tertiary/aromatic N) is 2. The Bertz CT molecular complexity index is 635. The highest BCUT2D eigenvalue weighted by molar-refractivity contribution is 7.81. The summed E-state index contributed by atoms with van der Waals surface area (Å²) in [6.45, 7) is 3.38. The highest BCUT2D eigenvalue weighted by Crippen LogP contribution is 2.25. The fraction of sp³-hybridized carbons (Fsp3) is 0.214. The second kappa shape index (κ2) is 6.38. The van der Waals surface area contributed by atoms with Crippen molar-refractivity contribution in [2.75, 3.05) is 5.75 Å². The molecule has 0 aliphatic rings. The number of rotatable bonds is 4. The molecule has 20 heavy (non-hydrogen) atoms. The van der Waals surface area contributed by atoms with Gasteiger partial charge in [-0.15, -0.1) is 0 Å². The van der Waals surface area contributed by atoms with Crippen molar-refractivity contribution in [2.24, 2.45) is 5.16 Å². The average Bonchev–Trinajstić information content (AvgIpc) is 2.87. The first-order valence-corrected chi connectivity index (χ1v) is 6.64. The summed E-state index contributed by atoms with van der Waals surface area (Å²) in [6, 6.07) is 9.29. The van der Waals surface area contributed by atoms with Crippen molar-refractivity contribution in [3.8, 4) is 11.3 Å². The van der Waals surface area contributed by atoms with E-state index in [9.17, 15) is 4.79 Å². The van der Waals surface area contributed by atoms with E-state index < -0.39 is 5.97 Å². The second-order valence-electron chi connectivity index (χ2n) is 4.19. The minimum absolute atomic E-state index is 0.284. The number of carbonyl (C=O) groups excluding carboxylic acids is 1. The highest BCUT2D eigenvalue weighted by atomic mass is 32.1. The van der Waals surface area contributed by atoms with Crippen molar-refractivity contribution in [1.82, 2.24) is 5.16 Å². The lowest BCUT2D eigenvalue weighted by molar-refractivity contribution is 0.0514. The van der Waals surface area contributed by atoms with Crippen LogP contribution in [0.3, 0.4) is 0 Å². The van der Waals surface area contributed by atoms with E-state index in [-0.39, 0.29) is 5.56 Å². The summed E-state index contributed by atoms with van der Waals surface area (Å²) in [5.74, 6) is 0.220. The van der Waals surface area contributed by atoms with Gasteiger partial charge < -0.3 is 9.36 Å². The van der Waals surface area contributed by atoms with Crippen LogP contribution < -0.4 is 0 Å². The van der Waals surface area contributed by atoms with Crippen LogP contribution in [-0.2, 0) is 4.84 Å². The van der Waals surface area contributed by atoms with Crippen LogP contribution in [0.4, 0.5) is 0 Å². The Morgan fingerprint density at radius 1 is 1.40 bits per heavy atom. The van der Waals surface area contributed by atoms with E-state index in [2.05, 4.69) is 22.9 Å². The van der Waals surface area contributed by atoms with Gasteiger partial charge >= 0.3 is 5.97 Å². The third kappa shape index (κ3) is 3.08. The molecule has 0 N–H and O–H groups in total. The molecule has 1 aromatic carbocycles. The lowest BCUT2D eigenvalue weighted by Crippen LogP contribution is -2.05. The zero-order valence-corrected chi connectivity index (χ0v) is 12.1. The Kier molecular flexibility index (Phi) is 4.57. The zero-order chi connectivity index (χ0) is 14.5. The van der Waals surface area contributed by atoms with Crippen LogP contribution >= 0.6 is 12.6 Å². The molecule has 0 amide bonds. The average molecular weight is 290 g/mol. The van der Waals surface area contributed by atoms with Crippen molar-refractivity contribution in [1.29, 1.82) is 0 Å². The Balaban J connectivity index is 2.33. The minimum Gasteiger partial charge on any atom is -0.360 e. The molecule has 0 fully saturated rings. The van der Waals surface area contributed by atoms with Gasteiger partial charge in [-0.1, -0.05) is 40.6 Å². The van der Waals surface area contributed by atoms with Crippen LogP contribution in [0.2, 0.25) is 0 Å². The van der Waals surface area contributed by atoms with Crippen LogP contribution in [0.25, 0.3) is 11.3 Å².